The fourth-order valence-electron chi connectivity index (χ4n) is 6.83. The minimum Gasteiger partial charge on any atom is -0.292 e. The summed E-state index contributed by atoms with van der Waals surface area (Å²) in [6.07, 6.45) is 3.64. The lowest BCUT2D eigenvalue weighted by atomic mass is 9.85. The van der Waals surface area contributed by atoms with Gasteiger partial charge in [0.15, 0.2) is 0 Å². The molecule has 0 bridgehead atoms. The van der Waals surface area contributed by atoms with E-state index in [1.807, 2.05) is 24.3 Å². The average molecular weight is 601 g/mol. The van der Waals surface area contributed by atoms with E-state index < -0.39 is 0 Å². The maximum atomic E-state index is 4.98. The van der Waals surface area contributed by atoms with Crippen molar-refractivity contribution in [3.63, 3.8) is 0 Å². The summed E-state index contributed by atoms with van der Waals surface area (Å²) < 4.78 is 2.15. The fourth-order valence-corrected chi connectivity index (χ4v) is 6.83. The number of nitrogens with zero attached hydrogens (tertiary/aromatic N) is 2. The Morgan fingerprint density at radius 3 is 1.49 bits per heavy atom. The fraction of sp³-hybridized carbons (Fsp3) is 0. The predicted molar refractivity (Wildman–Crippen MR) is 201 cm³/mol. The van der Waals surface area contributed by atoms with E-state index in [9.17, 15) is 0 Å². The lowest BCUT2D eigenvalue weighted by molar-refractivity contribution is 1.05. The molecule has 0 radical (unpaired) electrons. The summed E-state index contributed by atoms with van der Waals surface area (Å²) in [5.41, 5.74) is 11.1. The van der Waals surface area contributed by atoms with Crippen molar-refractivity contribution in [3.05, 3.63) is 182 Å². The minimum atomic E-state index is 0.812. The molecule has 47 heavy (non-hydrogen) atoms. The van der Waals surface area contributed by atoms with Crippen molar-refractivity contribution in [2.45, 2.75) is 0 Å². The topological polar surface area (TPSA) is 17.8 Å². The van der Waals surface area contributed by atoms with Gasteiger partial charge in [-0.05, 0) is 85.3 Å². The van der Waals surface area contributed by atoms with Crippen molar-refractivity contribution in [1.82, 2.24) is 9.55 Å². The van der Waals surface area contributed by atoms with Crippen LogP contribution in [0.3, 0.4) is 0 Å². The van der Waals surface area contributed by atoms with Gasteiger partial charge in [-0.2, -0.15) is 0 Å². The van der Waals surface area contributed by atoms with Gasteiger partial charge >= 0.3 is 0 Å². The second-order valence-corrected chi connectivity index (χ2v) is 11.7. The third-order valence-corrected chi connectivity index (χ3v) is 8.97. The van der Waals surface area contributed by atoms with Crippen LogP contribution >= 0.6 is 0 Å². The van der Waals surface area contributed by atoms with E-state index >= 15 is 0 Å². The highest BCUT2D eigenvalue weighted by molar-refractivity contribution is 6.21. The van der Waals surface area contributed by atoms with E-state index in [0.717, 1.165) is 34.0 Å². The van der Waals surface area contributed by atoms with Gasteiger partial charge in [-0.1, -0.05) is 153 Å². The van der Waals surface area contributed by atoms with E-state index in [-0.39, 0.29) is 0 Å². The number of hydrogen-bond donors (Lipinski definition) is 0. The lowest BCUT2D eigenvalue weighted by Gasteiger charge is -2.18. The molecule has 8 aromatic rings. The van der Waals surface area contributed by atoms with Gasteiger partial charge in [0.25, 0.3) is 0 Å². The third-order valence-electron chi connectivity index (χ3n) is 8.97. The van der Waals surface area contributed by atoms with Crippen molar-refractivity contribution in [3.8, 4) is 50.5 Å². The molecule has 1 aromatic heterocycles. The summed E-state index contributed by atoms with van der Waals surface area (Å²) in [4.78, 5) is 4.98. The first-order valence-electron chi connectivity index (χ1n) is 15.9. The lowest BCUT2D eigenvalue weighted by Crippen LogP contribution is -1.99. The smallest absolute Gasteiger partial charge is 0.145 e. The molecule has 0 amide bonds. The van der Waals surface area contributed by atoms with Crippen LogP contribution in [-0.2, 0) is 0 Å². The highest BCUT2D eigenvalue weighted by atomic mass is 15.1. The van der Waals surface area contributed by atoms with Crippen molar-refractivity contribution in [1.29, 1.82) is 0 Å². The minimum absolute atomic E-state index is 0.812. The van der Waals surface area contributed by atoms with Crippen molar-refractivity contribution in [2.24, 2.45) is 0 Å². The number of fused-ring (bicyclic) bond motifs is 2. The van der Waals surface area contributed by atoms with Gasteiger partial charge in [-0.3, -0.25) is 4.57 Å². The molecular formula is C45H32N2. The summed E-state index contributed by atoms with van der Waals surface area (Å²) in [5.74, 6) is 0.858. The molecular weight excluding hydrogens is 569 g/mol. The Balaban J connectivity index is 1.32. The number of para-hydroxylation sites is 1. The number of rotatable bonds is 7. The van der Waals surface area contributed by atoms with Gasteiger partial charge in [0.05, 0.1) is 11.4 Å². The van der Waals surface area contributed by atoms with E-state index in [2.05, 4.69) is 157 Å². The molecule has 2 heteroatoms. The zero-order valence-corrected chi connectivity index (χ0v) is 26.0. The first-order chi connectivity index (χ1) is 23.2. The summed E-state index contributed by atoms with van der Waals surface area (Å²) >= 11 is 0. The predicted octanol–water partition coefficient (Wildman–Crippen LogP) is 12.1. The quantitative estimate of drug-likeness (QED) is 0.166. The van der Waals surface area contributed by atoms with Gasteiger partial charge < -0.3 is 0 Å². The molecule has 1 heterocycles. The number of imidazole rings is 1. The second-order valence-electron chi connectivity index (χ2n) is 11.7. The van der Waals surface area contributed by atoms with Crippen LogP contribution in [0, 0.1) is 0 Å². The summed E-state index contributed by atoms with van der Waals surface area (Å²) in [7, 11) is 0. The van der Waals surface area contributed by atoms with E-state index in [0.29, 0.717) is 0 Å². The third kappa shape index (κ3) is 4.88. The maximum absolute atomic E-state index is 4.98. The van der Waals surface area contributed by atoms with Crippen LogP contribution in [0.4, 0.5) is 0 Å². The van der Waals surface area contributed by atoms with Crippen LogP contribution in [0.25, 0.3) is 84.2 Å². The van der Waals surface area contributed by atoms with Crippen molar-refractivity contribution in [2.75, 3.05) is 0 Å². The molecule has 0 fully saturated rings. The first-order valence-corrected chi connectivity index (χ1v) is 15.9. The molecule has 0 aliphatic heterocycles. The molecule has 0 aliphatic carbocycles. The summed E-state index contributed by atoms with van der Waals surface area (Å²) in [5, 5.41) is 4.99. The summed E-state index contributed by atoms with van der Waals surface area (Å²) in [6.45, 7) is 8.09. The number of benzene rings is 7. The molecule has 2 nitrogen and oxygen atoms in total. The van der Waals surface area contributed by atoms with Crippen LogP contribution < -0.4 is 0 Å². The Bertz CT molecular complexity index is 2400. The molecule has 0 unspecified atom stereocenters. The van der Waals surface area contributed by atoms with Crippen LogP contribution in [-0.4, -0.2) is 9.55 Å². The molecule has 7 aromatic carbocycles. The highest BCUT2D eigenvalue weighted by Crippen LogP contribution is 2.44. The molecule has 0 saturated heterocycles. The van der Waals surface area contributed by atoms with E-state index in [1.54, 1.807) is 6.08 Å². The second kappa shape index (κ2) is 11.9. The van der Waals surface area contributed by atoms with Crippen molar-refractivity contribution < 1.29 is 0 Å². The normalized spacial score (nSPS) is 11.1. The standard InChI is InChI=1S/C45H32N2/c1-3-41-42(4-2)47(36-20-12-7-13-21-36)45(46-41)34-26-24-31(25-27-34)35-28-29-39-40(30-35)44(33-18-10-6-11-19-33)38-23-15-14-22-37(38)43(39)32-16-8-5-9-17-32/h3-30H,1-2H2. The van der Waals surface area contributed by atoms with Gasteiger partial charge in [0.1, 0.15) is 5.82 Å². The van der Waals surface area contributed by atoms with Gasteiger partial charge in [0, 0.05) is 11.3 Å². The molecule has 0 atom stereocenters. The van der Waals surface area contributed by atoms with Crippen LogP contribution in [0.5, 0.6) is 0 Å². The maximum Gasteiger partial charge on any atom is 0.145 e. The first kappa shape index (κ1) is 28.2. The van der Waals surface area contributed by atoms with Gasteiger partial charge in [-0.25, -0.2) is 4.98 Å². The number of aromatic nitrogens is 2. The Morgan fingerprint density at radius 1 is 0.426 bits per heavy atom. The molecule has 0 spiro atoms. The van der Waals surface area contributed by atoms with Crippen LogP contribution in [0.2, 0.25) is 0 Å². The zero-order chi connectivity index (χ0) is 31.7. The monoisotopic (exact) mass is 600 g/mol. The van der Waals surface area contributed by atoms with Crippen LogP contribution in [0.15, 0.2) is 171 Å². The van der Waals surface area contributed by atoms with E-state index in [4.69, 9.17) is 4.98 Å². The molecule has 8 rings (SSSR count). The van der Waals surface area contributed by atoms with Gasteiger partial charge in [0.2, 0.25) is 0 Å². The van der Waals surface area contributed by atoms with Crippen molar-refractivity contribution >= 4 is 33.7 Å². The summed E-state index contributed by atoms with van der Waals surface area (Å²) in [6, 6.07) is 56.2. The molecule has 222 valence electrons. The highest BCUT2D eigenvalue weighted by Gasteiger charge is 2.19. The Labute approximate surface area is 275 Å². The average Bonchev–Trinajstić information content (AvgIpc) is 3.53. The number of hydrogen-bond acceptors (Lipinski definition) is 1. The SMILES string of the molecule is C=Cc1nc(-c2ccc(-c3ccc4c(-c5ccccc5)c5ccccc5c(-c5ccccc5)c4c3)cc2)n(-c2ccccc2)c1C=C. The Hall–Kier alpha value is -6.25. The largest absolute Gasteiger partial charge is 0.292 e. The van der Waals surface area contributed by atoms with Crippen LogP contribution in [0.1, 0.15) is 11.4 Å². The molecule has 0 saturated carbocycles. The Kier molecular flexibility index (Phi) is 7.16. The molecule has 0 aliphatic rings. The molecule has 0 N–H and O–H groups in total. The zero-order valence-electron chi connectivity index (χ0n) is 26.0. The van der Waals surface area contributed by atoms with Gasteiger partial charge in [-0.15, -0.1) is 0 Å². The van der Waals surface area contributed by atoms with E-state index in [1.165, 1.54) is 49.4 Å². The Morgan fingerprint density at radius 2 is 0.915 bits per heavy atom.